The van der Waals surface area contributed by atoms with Gasteiger partial charge in [0.15, 0.2) is 0 Å². The predicted octanol–water partition coefficient (Wildman–Crippen LogP) is 1.98. The highest BCUT2D eigenvalue weighted by Crippen LogP contribution is 2.27. The quantitative estimate of drug-likeness (QED) is 0.844. The van der Waals surface area contributed by atoms with Crippen LogP contribution in [0.1, 0.15) is 20.4 Å². The first-order chi connectivity index (χ1) is 9.54. The molecule has 0 saturated heterocycles. The van der Waals surface area contributed by atoms with Gasteiger partial charge in [-0.1, -0.05) is 12.1 Å². The lowest BCUT2D eigenvalue weighted by Crippen LogP contribution is -2.34. The summed E-state index contributed by atoms with van der Waals surface area (Å²) in [5.74, 6) is -0.181. The number of hydrogen-bond donors (Lipinski definition) is 2. The number of aromatic nitrogens is 1. The third-order valence-electron chi connectivity index (χ3n) is 2.89. The van der Waals surface area contributed by atoms with Gasteiger partial charge >= 0.3 is 0 Å². The minimum atomic E-state index is -0.181. The number of para-hydroxylation sites is 2. The first kappa shape index (κ1) is 14.5. The molecule has 1 heterocycles. The van der Waals surface area contributed by atoms with E-state index in [2.05, 4.69) is 4.98 Å². The lowest BCUT2D eigenvalue weighted by atomic mass is 10.2. The number of rotatable bonds is 4. The highest BCUT2D eigenvalue weighted by Gasteiger charge is 2.23. The van der Waals surface area contributed by atoms with Gasteiger partial charge in [-0.25, -0.2) is 4.98 Å². The zero-order valence-electron chi connectivity index (χ0n) is 11.5. The molecule has 1 aromatic heterocycles. The number of benzene rings is 1. The molecule has 0 fully saturated rings. The van der Waals surface area contributed by atoms with Crippen LogP contribution >= 0.6 is 11.3 Å². The average molecular weight is 291 g/mol. The summed E-state index contributed by atoms with van der Waals surface area (Å²) < 4.78 is 0. The van der Waals surface area contributed by atoms with Gasteiger partial charge in [-0.15, -0.1) is 11.3 Å². The van der Waals surface area contributed by atoms with E-state index in [0.717, 1.165) is 5.01 Å². The summed E-state index contributed by atoms with van der Waals surface area (Å²) in [4.78, 5) is 19.0. The van der Waals surface area contributed by atoms with Crippen molar-refractivity contribution in [3.8, 4) is 0 Å². The molecule has 0 aliphatic rings. The van der Waals surface area contributed by atoms with Crippen molar-refractivity contribution < 1.29 is 9.90 Å². The van der Waals surface area contributed by atoms with Gasteiger partial charge in [-0.05, 0) is 26.0 Å². The summed E-state index contributed by atoms with van der Waals surface area (Å²) in [7, 11) is 0. The molecule has 0 aliphatic carbocycles. The number of anilines is 2. The zero-order chi connectivity index (χ0) is 14.7. The summed E-state index contributed by atoms with van der Waals surface area (Å²) in [6, 6.07) is 7.13. The lowest BCUT2D eigenvalue weighted by Gasteiger charge is -2.22. The number of aryl methyl sites for hydroxylation is 2. The number of hydrogen-bond acceptors (Lipinski definition) is 5. The first-order valence-electron chi connectivity index (χ1n) is 6.26. The number of carbonyl (C=O) groups is 1. The molecule has 6 heteroatoms. The maximum Gasteiger partial charge on any atom is 0.270 e. The molecule has 3 N–H and O–H groups in total. The molecule has 2 rings (SSSR count). The third-order valence-corrected chi connectivity index (χ3v) is 3.95. The zero-order valence-corrected chi connectivity index (χ0v) is 12.3. The Morgan fingerprint density at radius 2 is 2.10 bits per heavy atom. The molecule has 0 saturated carbocycles. The largest absolute Gasteiger partial charge is 0.397 e. The van der Waals surface area contributed by atoms with E-state index in [9.17, 15) is 9.90 Å². The average Bonchev–Trinajstić information content (AvgIpc) is 2.75. The SMILES string of the molecule is Cc1nc(C)c(C(=O)N(CCO)c2ccccc2N)s1. The van der Waals surface area contributed by atoms with Crippen LogP contribution in [0.4, 0.5) is 11.4 Å². The van der Waals surface area contributed by atoms with E-state index in [0.29, 0.717) is 21.9 Å². The molecule has 5 nitrogen and oxygen atoms in total. The number of aliphatic hydroxyl groups excluding tert-OH is 1. The van der Waals surface area contributed by atoms with E-state index in [-0.39, 0.29) is 19.1 Å². The number of nitrogens with two attached hydrogens (primary N) is 1. The van der Waals surface area contributed by atoms with Crippen molar-refractivity contribution in [1.29, 1.82) is 0 Å². The van der Waals surface area contributed by atoms with E-state index in [1.165, 1.54) is 16.2 Å². The van der Waals surface area contributed by atoms with E-state index >= 15 is 0 Å². The fourth-order valence-electron chi connectivity index (χ4n) is 2.02. The Morgan fingerprint density at radius 3 is 2.65 bits per heavy atom. The molecule has 0 aliphatic heterocycles. The van der Waals surface area contributed by atoms with Crippen LogP contribution in [0, 0.1) is 13.8 Å². The number of thiazole rings is 1. The van der Waals surface area contributed by atoms with Crippen molar-refractivity contribution in [2.24, 2.45) is 0 Å². The van der Waals surface area contributed by atoms with Gasteiger partial charge in [-0.3, -0.25) is 4.79 Å². The topological polar surface area (TPSA) is 79.5 Å². The fourth-order valence-corrected chi connectivity index (χ4v) is 2.89. The van der Waals surface area contributed by atoms with Crippen molar-refractivity contribution in [3.05, 3.63) is 39.8 Å². The third kappa shape index (κ3) is 2.81. The van der Waals surface area contributed by atoms with Crippen molar-refractivity contribution in [1.82, 2.24) is 4.98 Å². The number of carbonyl (C=O) groups excluding carboxylic acids is 1. The van der Waals surface area contributed by atoms with Crippen LogP contribution in [0.2, 0.25) is 0 Å². The number of nitrogens with zero attached hydrogens (tertiary/aromatic N) is 2. The summed E-state index contributed by atoms with van der Waals surface area (Å²) >= 11 is 1.35. The predicted molar refractivity (Wildman–Crippen MR) is 81.2 cm³/mol. The van der Waals surface area contributed by atoms with Gasteiger partial charge in [0.25, 0.3) is 5.91 Å². The maximum absolute atomic E-state index is 12.7. The Hall–Kier alpha value is -1.92. The second kappa shape index (κ2) is 6.02. The van der Waals surface area contributed by atoms with Gasteiger partial charge in [0.2, 0.25) is 0 Å². The highest BCUT2D eigenvalue weighted by molar-refractivity contribution is 7.13. The standard InChI is InChI=1S/C14H17N3O2S/c1-9-13(20-10(2)16-9)14(19)17(7-8-18)12-6-4-3-5-11(12)15/h3-6,18H,7-8,15H2,1-2H3. The number of aliphatic hydroxyl groups is 1. The van der Waals surface area contributed by atoms with Crippen LogP contribution in [-0.2, 0) is 0 Å². The number of nitrogen functional groups attached to an aromatic ring is 1. The number of amides is 1. The maximum atomic E-state index is 12.7. The molecule has 106 valence electrons. The molecule has 1 aromatic carbocycles. The van der Waals surface area contributed by atoms with E-state index in [1.54, 1.807) is 12.1 Å². The van der Waals surface area contributed by atoms with Gasteiger partial charge in [-0.2, -0.15) is 0 Å². The smallest absolute Gasteiger partial charge is 0.270 e. The Labute approximate surface area is 121 Å². The van der Waals surface area contributed by atoms with Crippen molar-refractivity contribution in [2.75, 3.05) is 23.8 Å². The Balaban J connectivity index is 2.41. The van der Waals surface area contributed by atoms with Crippen LogP contribution < -0.4 is 10.6 Å². The summed E-state index contributed by atoms with van der Waals surface area (Å²) in [6.07, 6.45) is 0. The molecule has 2 aromatic rings. The van der Waals surface area contributed by atoms with Crippen LogP contribution in [-0.4, -0.2) is 29.1 Å². The Morgan fingerprint density at radius 1 is 1.40 bits per heavy atom. The molecule has 0 radical (unpaired) electrons. The van der Waals surface area contributed by atoms with Crippen molar-refractivity contribution >= 4 is 28.6 Å². The van der Waals surface area contributed by atoms with Gasteiger partial charge < -0.3 is 15.7 Å². The minimum Gasteiger partial charge on any atom is -0.397 e. The van der Waals surface area contributed by atoms with Crippen LogP contribution in [0.25, 0.3) is 0 Å². The molecule has 1 amide bonds. The fraction of sp³-hybridized carbons (Fsp3) is 0.286. The minimum absolute atomic E-state index is 0.128. The van der Waals surface area contributed by atoms with Crippen LogP contribution in [0.15, 0.2) is 24.3 Å². The Bertz CT molecular complexity index is 625. The van der Waals surface area contributed by atoms with Crippen molar-refractivity contribution in [3.63, 3.8) is 0 Å². The molecule has 0 unspecified atom stereocenters. The lowest BCUT2D eigenvalue weighted by molar-refractivity contribution is 0.0984. The molecular formula is C14H17N3O2S. The highest BCUT2D eigenvalue weighted by atomic mass is 32.1. The van der Waals surface area contributed by atoms with Gasteiger partial charge in [0.05, 0.1) is 28.7 Å². The molecule has 0 bridgehead atoms. The molecule has 20 heavy (non-hydrogen) atoms. The summed E-state index contributed by atoms with van der Waals surface area (Å²) in [6.45, 7) is 3.74. The molecular weight excluding hydrogens is 274 g/mol. The van der Waals surface area contributed by atoms with Gasteiger partial charge in [0.1, 0.15) is 4.88 Å². The Kier molecular flexibility index (Phi) is 4.36. The normalized spacial score (nSPS) is 10.6. The van der Waals surface area contributed by atoms with Crippen LogP contribution in [0.3, 0.4) is 0 Å². The second-order valence-electron chi connectivity index (χ2n) is 4.39. The van der Waals surface area contributed by atoms with E-state index in [4.69, 9.17) is 5.73 Å². The van der Waals surface area contributed by atoms with E-state index in [1.807, 2.05) is 26.0 Å². The molecule has 0 spiro atoms. The molecule has 0 atom stereocenters. The van der Waals surface area contributed by atoms with Crippen molar-refractivity contribution in [2.45, 2.75) is 13.8 Å². The summed E-state index contributed by atoms with van der Waals surface area (Å²) in [5, 5.41) is 10.1. The first-order valence-corrected chi connectivity index (χ1v) is 7.07. The second-order valence-corrected chi connectivity index (χ2v) is 5.59. The van der Waals surface area contributed by atoms with Gasteiger partial charge in [0, 0.05) is 6.54 Å². The summed E-state index contributed by atoms with van der Waals surface area (Å²) in [5.41, 5.74) is 7.74. The van der Waals surface area contributed by atoms with Crippen LogP contribution in [0.5, 0.6) is 0 Å². The van der Waals surface area contributed by atoms with E-state index < -0.39 is 0 Å². The monoisotopic (exact) mass is 291 g/mol.